The molecule has 2 amide bonds. The van der Waals surface area contributed by atoms with Crippen LogP contribution in [0.3, 0.4) is 0 Å². The lowest BCUT2D eigenvalue weighted by atomic mass is 10.0. The number of benzene rings is 3. The number of hydrogen-bond acceptors (Lipinski definition) is 4. The minimum absolute atomic E-state index is 0.0925. The Bertz CT molecular complexity index is 1300. The van der Waals surface area contributed by atoms with E-state index in [1.165, 1.54) is 4.90 Å². The number of nitrogens with zero attached hydrogens (tertiary/aromatic N) is 2. The van der Waals surface area contributed by atoms with Gasteiger partial charge in [0, 0.05) is 24.0 Å². The predicted molar refractivity (Wildman–Crippen MR) is 152 cm³/mol. The maximum atomic E-state index is 14.0. The van der Waals surface area contributed by atoms with E-state index in [0.717, 1.165) is 28.1 Å². The van der Waals surface area contributed by atoms with Gasteiger partial charge in [-0.25, -0.2) is 8.42 Å². The lowest BCUT2D eigenvalue weighted by Crippen LogP contribution is -2.54. The summed E-state index contributed by atoms with van der Waals surface area (Å²) in [6.45, 7) is 3.54. The van der Waals surface area contributed by atoms with Crippen molar-refractivity contribution in [1.82, 2.24) is 10.2 Å². The lowest BCUT2D eigenvalue weighted by molar-refractivity contribution is -0.140. The molecule has 3 rings (SSSR count). The third-order valence-electron chi connectivity index (χ3n) is 6.26. The molecule has 0 heterocycles. The summed E-state index contributed by atoms with van der Waals surface area (Å²) in [5.74, 6) is -0.786. The molecule has 0 bridgehead atoms. The molecular weight excluding hydrogens is 522 g/mol. The highest BCUT2D eigenvalue weighted by Crippen LogP contribution is 2.21. The summed E-state index contributed by atoms with van der Waals surface area (Å²) in [5.41, 5.74) is 2.02. The summed E-state index contributed by atoms with van der Waals surface area (Å²) in [7, 11) is -3.78. The van der Waals surface area contributed by atoms with Crippen LogP contribution in [0.15, 0.2) is 84.9 Å². The summed E-state index contributed by atoms with van der Waals surface area (Å²) >= 11 is 6.07. The molecule has 0 aromatic heterocycles. The summed E-state index contributed by atoms with van der Waals surface area (Å²) in [5, 5.41) is 3.56. The molecular formula is C29H34ClN3O4S. The van der Waals surface area contributed by atoms with Crippen molar-refractivity contribution in [3.8, 4) is 0 Å². The number of carbonyl (C=O) groups is 2. The number of anilines is 1. The van der Waals surface area contributed by atoms with Gasteiger partial charge in [0.25, 0.3) is 0 Å². The average molecular weight is 556 g/mol. The van der Waals surface area contributed by atoms with Crippen LogP contribution in [-0.2, 0) is 32.6 Å². The summed E-state index contributed by atoms with van der Waals surface area (Å²) in [4.78, 5) is 29.0. The van der Waals surface area contributed by atoms with Gasteiger partial charge in [-0.15, -0.1) is 0 Å². The fraction of sp³-hybridized carbons (Fsp3) is 0.310. The molecule has 3 aromatic carbocycles. The number of amides is 2. The molecule has 0 aliphatic heterocycles. The van der Waals surface area contributed by atoms with Crippen LogP contribution in [0.5, 0.6) is 0 Å². The van der Waals surface area contributed by atoms with Crippen LogP contribution >= 0.6 is 11.6 Å². The largest absolute Gasteiger partial charge is 0.352 e. The van der Waals surface area contributed by atoms with Crippen LogP contribution in [0.25, 0.3) is 0 Å². The molecule has 0 aliphatic carbocycles. The Kier molecular flexibility index (Phi) is 10.3. The van der Waals surface area contributed by atoms with E-state index in [4.69, 9.17) is 11.6 Å². The molecule has 0 radical (unpaired) electrons. The second kappa shape index (κ2) is 13.4. The van der Waals surface area contributed by atoms with E-state index in [2.05, 4.69) is 5.32 Å². The van der Waals surface area contributed by atoms with Crippen molar-refractivity contribution < 1.29 is 18.0 Å². The number of hydrogen-bond donors (Lipinski definition) is 1. The third-order valence-corrected chi connectivity index (χ3v) is 7.65. The number of nitrogens with one attached hydrogen (secondary N) is 1. The second-order valence-electron chi connectivity index (χ2n) is 9.28. The minimum atomic E-state index is -3.78. The number of sulfonamides is 1. The van der Waals surface area contributed by atoms with Crippen molar-refractivity contribution in [1.29, 1.82) is 0 Å². The number of para-hydroxylation sites is 1. The molecule has 0 fully saturated rings. The highest BCUT2D eigenvalue weighted by Gasteiger charge is 2.33. The van der Waals surface area contributed by atoms with Gasteiger partial charge in [-0.1, -0.05) is 79.2 Å². The van der Waals surface area contributed by atoms with Crippen LogP contribution < -0.4 is 9.62 Å². The normalized spacial score (nSPS) is 12.8. The van der Waals surface area contributed by atoms with Gasteiger partial charge in [-0.2, -0.15) is 0 Å². The van der Waals surface area contributed by atoms with Gasteiger partial charge < -0.3 is 10.2 Å². The molecule has 0 unspecified atom stereocenters. The molecule has 0 saturated heterocycles. The van der Waals surface area contributed by atoms with Gasteiger partial charge in [0.2, 0.25) is 21.8 Å². The van der Waals surface area contributed by atoms with Gasteiger partial charge in [-0.3, -0.25) is 13.9 Å². The van der Waals surface area contributed by atoms with E-state index >= 15 is 0 Å². The molecule has 7 nitrogen and oxygen atoms in total. The Hall–Kier alpha value is -3.36. The number of halogens is 1. The first kappa shape index (κ1) is 29.2. The molecule has 0 spiro atoms. The molecule has 202 valence electrons. The first-order valence-corrected chi connectivity index (χ1v) is 14.7. The van der Waals surface area contributed by atoms with Gasteiger partial charge in [0.15, 0.2) is 0 Å². The first-order chi connectivity index (χ1) is 18.1. The Balaban J connectivity index is 2.03. The van der Waals surface area contributed by atoms with Crippen LogP contribution in [0.4, 0.5) is 5.69 Å². The molecule has 0 saturated carbocycles. The van der Waals surface area contributed by atoms with Crippen molar-refractivity contribution in [3.05, 3.63) is 101 Å². The van der Waals surface area contributed by atoms with Crippen molar-refractivity contribution in [2.75, 3.05) is 17.1 Å². The van der Waals surface area contributed by atoms with Crippen molar-refractivity contribution >= 4 is 39.1 Å². The maximum Gasteiger partial charge on any atom is 0.244 e. The molecule has 3 aromatic rings. The predicted octanol–water partition coefficient (Wildman–Crippen LogP) is 4.66. The molecule has 0 aliphatic rings. The smallest absolute Gasteiger partial charge is 0.244 e. The van der Waals surface area contributed by atoms with E-state index in [-0.39, 0.29) is 24.9 Å². The van der Waals surface area contributed by atoms with E-state index in [1.54, 1.807) is 54.6 Å². The van der Waals surface area contributed by atoms with Crippen LogP contribution in [0.1, 0.15) is 31.4 Å². The van der Waals surface area contributed by atoms with Crippen LogP contribution in [-0.4, -0.2) is 50.0 Å². The van der Waals surface area contributed by atoms with Crippen molar-refractivity contribution in [2.24, 2.45) is 0 Å². The minimum Gasteiger partial charge on any atom is -0.352 e. The standard InChI is InChI=1S/C29H34ClN3O4S/c1-4-22(2)31-29(35)27(19-23-11-7-5-8-12-23)32(20-24-15-17-25(30)18-16-24)28(34)21-33(38(3,36)37)26-13-9-6-10-14-26/h5-18,22,27H,4,19-21H2,1-3H3,(H,31,35)/t22-,27+/m1/s1. The molecule has 38 heavy (non-hydrogen) atoms. The zero-order valence-corrected chi connectivity index (χ0v) is 23.5. The first-order valence-electron chi connectivity index (χ1n) is 12.5. The quantitative estimate of drug-likeness (QED) is 0.352. The summed E-state index contributed by atoms with van der Waals surface area (Å²) in [6.07, 6.45) is 2.06. The van der Waals surface area contributed by atoms with E-state index in [1.807, 2.05) is 44.2 Å². The monoisotopic (exact) mass is 555 g/mol. The maximum absolute atomic E-state index is 14.0. The lowest BCUT2D eigenvalue weighted by Gasteiger charge is -2.34. The zero-order chi connectivity index (χ0) is 27.7. The average Bonchev–Trinajstić information content (AvgIpc) is 2.90. The van der Waals surface area contributed by atoms with Crippen LogP contribution in [0.2, 0.25) is 5.02 Å². The van der Waals surface area contributed by atoms with Crippen LogP contribution in [0, 0.1) is 0 Å². The number of rotatable bonds is 12. The van der Waals surface area contributed by atoms with Gasteiger partial charge in [0.05, 0.1) is 11.9 Å². The SMILES string of the molecule is CC[C@@H](C)NC(=O)[C@H](Cc1ccccc1)N(Cc1ccc(Cl)cc1)C(=O)CN(c1ccccc1)S(C)(=O)=O. The highest BCUT2D eigenvalue weighted by molar-refractivity contribution is 7.92. The Morgan fingerprint density at radius 3 is 2.03 bits per heavy atom. The Morgan fingerprint density at radius 1 is 0.895 bits per heavy atom. The van der Waals surface area contributed by atoms with Gasteiger partial charge in [0.1, 0.15) is 12.6 Å². The highest BCUT2D eigenvalue weighted by atomic mass is 35.5. The Labute approximate surface area is 230 Å². The van der Waals surface area contributed by atoms with Gasteiger partial charge in [-0.05, 0) is 48.7 Å². The van der Waals surface area contributed by atoms with Crippen molar-refractivity contribution in [2.45, 2.75) is 45.3 Å². The Morgan fingerprint density at radius 2 is 1.47 bits per heavy atom. The molecule has 2 atom stereocenters. The fourth-order valence-corrected chi connectivity index (χ4v) is 4.97. The number of carbonyl (C=O) groups excluding carboxylic acids is 2. The molecule has 9 heteroatoms. The molecule has 1 N–H and O–H groups in total. The van der Waals surface area contributed by atoms with Crippen molar-refractivity contribution in [3.63, 3.8) is 0 Å². The fourth-order valence-electron chi connectivity index (χ4n) is 3.99. The zero-order valence-electron chi connectivity index (χ0n) is 21.9. The van der Waals surface area contributed by atoms with E-state index < -0.39 is 28.5 Å². The van der Waals surface area contributed by atoms with Gasteiger partial charge >= 0.3 is 0 Å². The van der Waals surface area contributed by atoms with E-state index in [0.29, 0.717) is 10.7 Å². The summed E-state index contributed by atoms with van der Waals surface area (Å²) in [6, 6.07) is 24.0. The van der Waals surface area contributed by atoms with E-state index in [9.17, 15) is 18.0 Å². The summed E-state index contributed by atoms with van der Waals surface area (Å²) < 4.78 is 26.5. The third kappa shape index (κ3) is 8.33. The topological polar surface area (TPSA) is 86.8 Å². The second-order valence-corrected chi connectivity index (χ2v) is 11.6.